The lowest BCUT2D eigenvalue weighted by Crippen LogP contribution is -2.21. The summed E-state index contributed by atoms with van der Waals surface area (Å²) >= 11 is 4.55. The highest BCUT2D eigenvalue weighted by Crippen LogP contribution is 2.31. The van der Waals surface area contributed by atoms with Gasteiger partial charge in [0.2, 0.25) is 5.91 Å². The van der Waals surface area contributed by atoms with Gasteiger partial charge in [0.25, 0.3) is 5.91 Å². The number of hydrogen-bond donors (Lipinski definition) is 2. The Labute approximate surface area is 117 Å². The van der Waals surface area contributed by atoms with Gasteiger partial charge in [0.15, 0.2) is 0 Å². The molecular weight excluding hydrogens is 316 g/mol. The standard InChI is InChI=1S/C12H11BrN2O2S/c1-7-10(16)15-12(18-7)9(13)11(17)14-8-5-3-2-4-6-8/h2-7H,1H3,(H,14,17)(H,15,16)/b12-9-. The Kier molecular flexibility index (Phi) is 4.08. The van der Waals surface area contributed by atoms with Gasteiger partial charge in [-0.3, -0.25) is 9.59 Å². The van der Waals surface area contributed by atoms with Gasteiger partial charge >= 0.3 is 0 Å². The summed E-state index contributed by atoms with van der Waals surface area (Å²) in [6.45, 7) is 1.79. The molecule has 18 heavy (non-hydrogen) atoms. The molecule has 1 fully saturated rings. The fourth-order valence-electron chi connectivity index (χ4n) is 1.39. The summed E-state index contributed by atoms with van der Waals surface area (Å²) in [5.74, 6) is -0.363. The lowest BCUT2D eigenvalue weighted by atomic mass is 10.3. The minimum atomic E-state index is -0.280. The van der Waals surface area contributed by atoms with E-state index < -0.39 is 0 Å². The average Bonchev–Trinajstić information content (AvgIpc) is 2.70. The summed E-state index contributed by atoms with van der Waals surface area (Å²) in [5.41, 5.74) is 0.711. The smallest absolute Gasteiger partial charge is 0.265 e. The third-order valence-electron chi connectivity index (χ3n) is 2.33. The summed E-state index contributed by atoms with van der Waals surface area (Å²) in [5, 5.41) is 5.79. The number of halogens is 1. The predicted octanol–water partition coefficient (Wildman–Crippen LogP) is 2.44. The van der Waals surface area contributed by atoms with E-state index in [0.29, 0.717) is 15.2 Å². The van der Waals surface area contributed by atoms with Gasteiger partial charge in [0.1, 0.15) is 4.48 Å². The molecule has 1 atom stereocenters. The third-order valence-corrected chi connectivity index (χ3v) is 4.46. The zero-order valence-electron chi connectivity index (χ0n) is 9.57. The van der Waals surface area contributed by atoms with Gasteiger partial charge in [-0.05, 0) is 35.0 Å². The van der Waals surface area contributed by atoms with Crippen molar-refractivity contribution in [2.24, 2.45) is 0 Å². The summed E-state index contributed by atoms with van der Waals surface area (Å²) in [4.78, 5) is 23.3. The fourth-order valence-corrected chi connectivity index (χ4v) is 2.74. The Balaban J connectivity index is 2.10. The van der Waals surface area contributed by atoms with Crippen LogP contribution >= 0.6 is 27.7 Å². The molecule has 6 heteroatoms. The minimum Gasteiger partial charge on any atom is -0.321 e. The van der Waals surface area contributed by atoms with E-state index in [2.05, 4.69) is 26.6 Å². The second-order valence-corrected chi connectivity index (χ2v) is 5.86. The highest BCUT2D eigenvalue weighted by molar-refractivity contribution is 9.12. The van der Waals surface area contributed by atoms with Crippen LogP contribution in [0.1, 0.15) is 6.92 Å². The molecule has 1 aromatic rings. The summed E-state index contributed by atoms with van der Waals surface area (Å²) in [6, 6.07) is 9.14. The molecule has 2 rings (SSSR count). The molecule has 0 spiro atoms. The van der Waals surface area contributed by atoms with Crippen molar-refractivity contribution in [2.45, 2.75) is 12.2 Å². The minimum absolute atomic E-state index is 0.0838. The van der Waals surface area contributed by atoms with Crippen LogP contribution in [0.3, 0.4) is 0 Å². The van der Waals surface area contributed by atoms with Gasteiger partial charge in [-0.25, -0.2) is 0 Å². The maximum Gasteiger partial charge on any atom is 0.265 e. The molecule has 1 unspecified atom stereocenters. The molecule has 94 valence electrons. The second-order valence-electron chi connectivity index (χ2n) is 3.71. The number of thioether (sulfide) groups is 1. The lowest BCUT2D eigenvalue weighted by Gasteiger charge is -2.06. The molecule has 0 aromatic heterocycles. The molecule has 0 bridgehead atoms. The average molecular weight is 327 g/mol. The van der Waals surface area contributed by atoms with Crippen molar-refractivity contribution in [2.75, 3.05) is 5.32 Å². The zero-order valence-corrected chi connectivity index (χ0v) is 12.0. The molecular formula is C12H11BrN2O2S. The van der Waals surface area contributed by atoms with Crippen LogP contribution in [0.25, 0.3) is 0 Å². The molecule has 4 nitrogen and oxygen atoms in total. The highest BCUT2D eigenvalue weighted by Gasteiger charge is 2.28. The first-order valence-electron chi connectivity index (χ1n) is 5.31. The molecule has 0 aliphatic carbocycles. The zero-order chi connectivity index (χ0) is 13.1. The molecule has 1 heterocycles. The van der Waals surface area contributed by atoms with E-state index in [0.717, 1.165) is 0 Å². The van der Waals surface area contributed by atoms with Crippen LogP contribution in [0.2, 0.25) is 0 Å². The predicted molar refractivity (Wildman–Crippen MR) is 76.2 cm³/mol. The molecule has 1 aromatic carbocycles. The number of nitrogens with one attached hydrogen (secondary N) is 2. The van der Waals surface area contributed by atoms with E-state index in [1.54, 1.807) is 19.1 Å². The van der Waals surface area contributed by atoms with Crippen molar-refractivity contribution in [1.29, 1.82) is 0 Å². The van der Waals surface area contributed by atoms with Crippen LogP contribution in [-0.2, 0) is 9.59 Å². The normalized spacial score (nSPS) is 21.4. The Morgan fingerprint density at radius 1 is 1.39 bits per heavy atom. The van der Waals surface area contributed by atoms with Crippen molar-refractivity contribution in [3.05, 3.63) is 39.8 Å². The second kappa shape index (κ2) is 5.58. The van der Waals surface area contributed by atoms with Crippen molar-refractivity contribution in [1.82, 2.24) is 5.32 Å². The van der Waals surface area contributed by atoms with E-state index >= 15 is 0 Å². The fraction of sp³-hybridized carbons (Fsp3) is 0.167. The number of amides is 2. The first kappa shape index (κ1) is 13.2. The number of hydrogen-bond acceptors (Lipinski definition) is 3. The molecule has 0 saturated carbocycles. The molecule has 0 radical (unpaired) electrons. The Bertz CT molecular complexity index is 516. The van der Waals surface area contributed by atoms with Crippen LogP contribution in [-0.4, -0.2) is 17.1 Å². The molecule has 1 saturated heterocycles. The van der Waals surface area contributed by atoms with Crippen molar-refractivity contribution < 1.29 is 9.59 Å². The highest BCUT2D eigenvalue weighted by atomic mass is 79.9. The number of carbonyl (C=O) groups is 2. The quantitative estimate of drug-likeness (QED) is 0.821. The van der Waals surface area contributed by atoms with Crippen LogP contribution < -0.4 is 10.6 Å². The van der Waals surface area contributed by atoms with Crippen molar-refractivity contribution in [3.8, 4) is 0 Å². The maximum atomic E-state index is 11.9. The van der Waals surface area contributed by atoms with E-state index in [1.807, 2.05) is 18.2 Å². The topological polar surface area (TPSA) is 58.2 Å². The van der Waals surface area contributed by atoms with Gasteiger partial charge in [-0.15, -0.1) is 0 Å². The largest absolute Gasteiger partial charge is 0.321 e. The maximum absolute atomic E-state index is 11.9. The number of para-hydroxylation sites is 1. The molecule has 2 amide bonds. The van der Waals surface area contributed by atoms with E-state index in [4.69, 9.17) is 0 Å². The Hall–Kier alpha value is -1.27. The molecule has 1 aliphatic rings. The summed E-state index contributed by atoms with van der Waals surface area (Å²) < 4.78 is 0.342. The van der Waals surface area contributed by atoms with Crippen LogP contribution in [0.4, 0.5) is 5.69 Å². The van der Waals surface area contributed by atoms with Crippen molar-refractivity contribution in [3.63, 3.8) is 0 Å². The van der Waals surface area contributed by atoms with E-state index in [9.17, 15) is 9.59 Å². The van der Waals surface area contributed by atoms with Crippen LogP contribution in [0.15, 0.2) is 39.8 Å². The molecule has 1 aliphatic heterocycles. The van der Waals surface area contributed by atoms with Crippen LogP contribution in [0, 0.1) is 0 Å². The van der Waals surface area contributed by atoms with E-state index in [1.165, 1.54) is 11.8 Å². The monoisotopic (exact) mass is 326 g/mol. The van der Waals surface area contributed by atoms with Gasteiger partial charge in [0, 0.05) is 5.69 Å². The number of carbonyl (C=O) groups excluding carboxylic acids is 2. The van der Waals surface area contributed by atoms with Gasteiger partial charge in [-0.2, -0.15) is 0 Å². The number of benzene rings is 1. The summed E-state index contributed by atoms with van der Waals surface area (Å²) in [7, 11) is 0. The first-order valence-corrected chi connectivity index (χ1v) is 6.99. The first-order chi connectivity index (χ1) is 8.58. The number of rotatable bonds is 2. The molecule has 2 N–H and O–H groups in total. The van der Waals surface area contributed by atoms with Crippen LogP contribution in [0.5, 0.6) is 0 Å². The van der Waals surface area contributed by atoms with Gasteiger partial charge < -0.3 is 10.6 Å². The third kappa shape index (κ3) is 2.94. The lowest BCUT2D eigenvalue weighted by molar-refractivity contribution is -0.119. The summed E-state index contributed by atoms with van der Waals surface area (Å²) in [6.07, 6.45) is 0. The Morgan fingerprint density at radius 3 is 2.61 bits per heavy atom. The van der Waals surface area contributed by atoms with Gasteiger partial charge in [-0.1, -0.05) is 30.0 Å². The van der Waals surface area contributed by atoms with Crippen molar-refractivity contribution >= 4 is 45.2 Å². The SMILES string of the molecule is CC1S/C(=C(\Br)C(=O)Nc2ccccc2)NC1=O. The van der Waals surface area contributed by atoms with E-state index in [-0.39, 0.29) is 17.1 Å². The Morgan fingerprint density at radius 2 is 2.06 bits per heavy atom. The van der Waals surface area contributed by atoms with Gasteiger partial charge in [0.05, 0.1) is 10.3 Å². The number of anilines is 1.